The van der Waals surface area contributed by atoms with Crippen molar-refractivity contribution in [1.29, 1.82) is 0 Å². The van der Waals surface area contributed by atoms with E-state index in [0.29, 0.717) is 11.3 Å². The summed E-state index contributed by atoms with van der Waals surface area (Å²) in [7, 11) is 0. The van der Waals surface area contributed by atoms with E-state index in [9.17, 15) is 19.2 Å². The Morgan fingerprint density at radius 3 is 2.36 bits per heavy atom. The zero-order chi connectivity index (χ0) is 18.6. The summed E-state index contributed by atoms with van der Waals surface area (Å²) in [5, 5.41) is 5.21. The van der Waals surface area contributed by atoms with Gasteiger partial charge in [0.05, 0.1) is 12.2 Å². The number of rotatable bonds is 6. The van der Waals surface area contributed by atoms with Crippen molar-refractivity contribution in [3.63, 3.8) is 0 Å². The van der Waals surface area contributed by atoms with E-state index in [1.807, 2.05) is 0 Å². The lowest BCUT2D eigenvalue weighted by Gasteiger charge is -2.15. The second-order valence-corrected chi connectivity index (χ2v) is 6.11. The van der Waals surface area contributed by atoms with Gasteiger partial charge in [-0.2, -0.15) is 0 Å². The van der Waals surface area contributed by atoms with Crippen LogP contribution in [0, 0.1) is 0 Å². The van der Waals surface area contributed by atoms with Crippen molar-refractivity contribution in [2.75, 3.05) is 18.5 Å². The van der Waals surface area contributed by atoms with Gasteiger partial charge in [0.2, 0.25) is 5.91 Å². The predicted octanol–water partition coefficient (Wildman–Crippen LogP) is 1.52. The number of imide groups is 1. The van der Waals surface area contributed by atoms with Crippen molar-refractivity contribution in [3.8, 4) is 0 Å². The van der Waals surface area contributed by atoms with Gasteiger partial charge in [0.1, 0.15) is 5.54 Å². The molecule has 8 nitrogen and oxygen atoms in total. The third-order valence-electron chi connectivity index (χ3n) is 3.69. The molecule has 0 saturated carbocycles. The van der Waals surface area contributed by atoms with E-state index in [-0.39, 0.29) is 31.4 Å². The maximum Gasteiger partial charge on any atom is 0.338 e. The quantitative estimate of drug-likeness (QED) is 0.600. The molecule has 0 radical (unpaired) electrons. The Morgan fingerprint density at radius 1 is 1.20 bits per heavy atom. The fraction of sp³-hybridized carbons (Fsp3) is 0.412. The highest BCUT2D eigenvalue weighted by Crippen LogP contribution is 2.17. The molecule has 0 aromatic heterocycles. The number of anilines is 1. The number of amides is 4. The minimum absolute atomic E-state index is 0.000833. The number of ether oxygens (including phenoxy) is 1. The van der Waals surface area contributed by atoms with Gasteiger partial charge in [-0.1, -0.05) is 0 Å². The normalized spacial score (nSPS) is 15.7. The monoisotopic (exact) mass is 347 g/mol. The summed E-state index contributed by atoms with van der Waals surface area (Å²) < 4.78 is 4.88. The summed E-state index contributed by atoms with van der Waals surface area (Å²) in [6.45, 7) is 5.23. The number of esters is 1. The first kappa shape index (κ1) is 18.4. The van der Waals surface area contributed by atoms with Crippen molar-refractivity contribution in [1.82, 2.24) is 10.2 Å². The van der Waals surface area contributed by atoms with Crippen LogP contribution in [-0.4, -0.2) is 47.4 Å². The van der Waals surface area contributed by atoms with Gasteiger partial charge in [0.15, 0.2) is 0 Å². The molecule has 134 valence electrons. The van der Waals surface area contributed by atoms with Crippen LogP contribution in [0.25, 0.3) is 0 Å². The van der Waals surface area contributed by atoms with Gasteiger partial charge in [-0.3, -0.25) is 14.5 Å². The summed E-state index contributed by atoms with van der Waals surface area (Å²) in [6, 6.07) is 5.77. The second-order valence-electron chi connectivity index (χ2n) is 6.11. The Labute approximate surface area is 145 Å². The molecule has 1 saturated heterocycles. The number of nitrogens with zero attached hydrogens (tertiary/aromatic N) is 1. The van der Waals surface area contributed by atoms with E-state index in [1.54, 1.807) is 45.0 Å². The third-order valence-corrected chi connectivity index (χ3v) is 3.69. The van der Waals surface area contributed by atoms with E-state index >= 15 is 0 Å². The zero-order valence-electron chi connectivity index (χ0n) is 14.4. The zero-order valence-corrected chi connectivity index (χ0v) is 14.4. The van der Waals surface area contributed by atoms with Crippen molar-refractivity contribution in [2.24, 2.45) is 0 Å². The highest BCUT2D eigenvalue weighted by atomic mass is 16.5. The fourth-order valence-corrected chi connectivity index (χ4v) is 2.36. The standard InChI is InChI=1S/C17H21N3O5/c1-4-25-14(22)11-5-7-12(8-6-11)18-13(21)9-10-20-15(23)17(2,3)19-16(20)24/h5-8H,4,9-10H2,1-3H3,(H,18,21)(H,19,24). The van der Waals surface area contributed by atoms with E-state index in [4.69, 9.17) is 4.74 Å². The van der Waals surface area contributed by atoms with Gasteiger partial charge in [-0.05, 0) is 45.0 Å². The Hall–Kier alpha value is -2.90. The Morgan fingerprint density at radius 2 is 1.84 bits per heavy atom. The molecule has 0 atom stereocenters. The molecule has 1 aliphatic rings. The maximum absolute atomic E-state index is 12.0. The van der Waals surface area contributed by atoms with Crippen LogP contribution in [0.15, 0.2) is 24.3 Å². The molecule has 25 heavy (non-hydrogen) atoms. The van der Waals surface area contributed by atoms with Crippen LogP contribution in [-0.2, 0) is 14.3 Å². The van der Waals surface area contributed by atoms with Crippen LogP contribution in [0.5, 0.6) is 0 Å². The lowest BCUT2D eigenvalue weighted by Crippen LogP contribution is -2.40. The smallest absolute Gasteiger partial charge is 0.338 e. The average Bonchev–Trinajstić information content (AvgIpc) is 2.74. The molecule has 4 amide bonds. The van der Waals surface area contributed by atoms with E-state index < -0.39 is 17.5 Å². The average molecular weight is 347 g/mol. The van der Waals surface area contributed by atoms with Gasteiger partial charge in [0.25, 0.3) is 5.91 Å². The molecular formula is C17H21N3O5. The number of carbonyl (C=O) groups excluding carboxylic acids is 4. The number of urea groups is 1. The Kier molecular flexibility index (Phi) is 5.41. The van der Waals surface area contributed by atoms with Gasteiger partial charge in [0, 0.05) is 18.7 Å². The van der Waals surface area contributed by atoms with Crippen molar-refractivity contribution < 1.29 is 23.9 Å². The number of benzene rings is 1. The number of nitrogens with one attached hydrogen (secondary N) is 2. The highest BCUT2D eigenvalue weighted by Gasteiger charge is 2.43. The first-order chi connectivity index (χ1) is 11.7. The lowest BCUT2D eigenvalue weighted by molar-refractivity contribution is -0.130. The molecular weight excluding hydrogens is 326 g/mol. The van der Waals surface area contributed by atoms with Crippen LogP contribution in [0.1, 0.15) is 37.6 Å². The SMILES string of the molecule is CCOC(=O)c1ccc(NC(=O)CCN2C(=O)NC(C)(C)C2=O)cc1. The predicted molar refractivity (Wildman–Crippen MR) is 90.0 cm³/mol. The van der Waals surface area contributed by atoms with Gasteiger partial charge in [-0.25, -0.2) is 9.59 Å². The Balaban J connectivity index is 1.87. The first-order valence-corrected chi connectivity index (χ1v) is 7.95. The molecule has 1 fully saturated rings. The Bertz CT molecular complexity index is 697. The van der Waals surface area contributed by atoms with Crippen LogP contribution in [0.2, 0.25) is 0 Å². The molecule has 0 bridgehead atoms. The fourth-order valence-electron chi connectivity index (χ4n) is 2.36. The van der Waals surface area contributed by atoms with Crippen molar-refractivity contribution >= 4 is 29.5 Å². The minimum atomic E-state index is -0.948. The second kappa shape index (κ2) is 7.33. The topological polar surface area (TPSA) is 105 Å². The number of carbonyl (C=O) groups is 4. The molecule has 8 heteroatoms. The van der Waals surface area contributed by atoms with Crippen molar-refractivity contribution in [2.45, 2.75) is 32.7 Å². The molecule has 0 spiro atoms. The minimum Gasteiger partial charge on any atom is -0.462 e. The molecule has 2 rings (SSSR count). The summed E-state index contributed by atoms with van der Waals surface area (Å²) in [5.41, 5.74) is -0.0479. The summed E-state index contributed by atoms with van der Waals surface area (Å²) in [4.78, 5) is 48.4. The number of hydrogen-bond acceptors (Lipinski definition) is 5. The van der Waals surface area contributed by atoms with Crippen molar-refractivity contribution in [3.05, 3.63) is 29.8 Å². The molecule has 1 heterocycles. The lowest BCUT2D eigenvalue weighted by atomic mass is 10.1. The summed E-state index contributed by atoms with van der Waals surface area (Å²) in [5.74, 6) is -1.13. The van der Waals surface area contributed by atoms with Crippen LogP contribution in [0.3, 0.4) is 0 Å². The highest BCUT2D eigenvalue weighted by molar-refractivity contribution is 6.06. The summed E-state index contributed by atoms with van der Waals surface area (Å²) in [6.07, 6.45) is -0.0190. The van der Waals surface area contributed by atoms with E-state index in [0.717, 1.165) is 4.90 Å². The molecule has 1 aromatic carbocycles. The molecule has 1 aromatic rings. The summed E-state index contributed by atoms with van der Waals surface area (Å²) >= 11 is 0. The molecule has 2 N–H and O–H groups in total. The van der Waals surface area contributed by atoms with Gasteiger partial charge in [-0.15, -0.1) is 0 Å². The number of hydrogen-bond donors (Lipinski definition) is 2. The largest absolute Gasteiger partial charge is 0.462 e. The maximum atomic E-state index is 12.0. The first-order valence-electron chi connectivity index (χ1n) is 7.95. The molecule has 0 unspecified atom stereocenters. The van der Waals surface area contributed by atoms with Gasteiger partial charge >= 0.3 is 12.0 Å². The van der Waals surface area contributed by atoms with Crippen LogP contribution < -0.4 is 10.6 Å². The third kappa shape index (κ3) is 4.34. The van der Waals surface area contributed by atoms with E-state index in [2.05, 4.69) is 10.6 Å². The van der Waals surface area contributed by atoms with E-state index in [1.165, 1.54) is 0 Å². The molecule has 0 aliphatic carbocycles. The van der Waals surface area contributed by atoms with Crippen LogP contribution in [0.4, 0.5) is 10.5 Å². The molecule has 1 aliphatic heterocycles. The van der Waals surface area contributed by atoms with Crippen LogP contribution >= 0.6 is 0 Å². The van der Waals surface area contributed by atoms with Gasteiger partial charge < -0.3 is 15.4 Å².